The van der Waals surface area contributed by atoms with Crippen LogP contribution >= 0.6 is 0 Å². The largest absolute Gasteiger partial charge is 0.417 e. The molecule has 3 aromatic rings. The lowest BCUT2D eigenvalue weighted by atomic mass is 10.0. The molecule has 242 valence electrons. The molecule has 0 saturated carbocycles. The van der Waals surface area contributed by atoms with Crippen LogP contribution < -0.4 is 20.7 Å². The first-order valence-electron chi connectivity index (χ1n) is 14.4. The third kappa shape index (κ3) is 6.50. The van der Waals surface area contributed by atoms with Crippen LogP contribution in [0.25, 0.3) is 11.1 Å². The van der Waals surface area contributed by atoms with Gasteiger partial charge in [0.05, 0.1) is 35.1 Å². The van der Waals surface area contributed by atoms with Crippen molar-refractivity contribution in [1.82, 2.24) is 19.4 Å². The fraction of sp³-hybridized carbons (Fsp3) is 0.467. The molecule has 4 heterocycles. The number of nitrogens with zero attached hydrogens (tertiary/aromatic N) is 6. The van der Waals surface area contributed by atoms with Crippen LogP contribution in [0.15, 0.2) is 35.5 Å². The Labute approximate surface area is 256 Å². The lowest BCUT2D eigenvalue weighted by Gasteiger charge is -2.44. The molecule has 15 heteroatoms. The minimum atomic E-state index is -5.05. The number of pyridine rings is 1. The van der Waals surface area contributed by atoms with Gasteiger partial charge in [-0.1, -0.05) is 0 Å². The molecule has 2 aliphatic heterocycles. The van der Waals surface area contributed by atoms with E-state index in [1.807, 2.05) is 32.7 Å². The maximum absolute atomic E-state index is 16.5. The Bertz CT molecular complexity index is 1630. The second-order valence-electron chi connectivity index (χ2n) is 11.6. The van der Waals surface area contributed by atoms with Gasteiger partial charge in [-0.2, -0.15) is 13.2 Å². The van der Waals surface area contributed by atoms with Crippen molar-refractivity contribution in [3.8, 4) is 11.1 Å². The number of nitrogens with one attached hydrogen (secondary N) is 1. The quantitative estimate of drug-likeness (QED) is 0.418. The van der Waals surface area contributed by atoms with Gasteiger partial charge >= 0.3 is 6.18 Å². The van der Waals surface area contributed by atoms with E-state index < -0.39 is 51.7 Å². The number of benzene rings is 1. The summed E-state index contributed by atoms with van der Waals surface area (Å²) in [6.45, 7) is 7.93. The number of anilines is 3. The molecule has 0 radical (unpaired) electrons. The third-order valence-electron chi connectivity index (χ3n) is 8.37. The average molecular weight is 636 g/mol. The predicted octanol–water partition coefficient (Wildman–Crippen LogP) is 4.15. The molecule has 2 aromatic heterocycles. The summed E-state index contributed by atoms with van der Waals surface area (Å²) in [5.41, 5.74) is -4.48. The van der Waals surface area contributed by atoms with Crippen molar-refractivity contribution in [3.63, 3.8) is 0 Å². The van der Waals surface area contributed by atoms with Gasteiger partial charge in [0.25, 0.3) is 11.5 Å². The normalized spacial score (nSPS) is 21.2. The first-order chi connectivity index (χ1) is 21.1. The van der Waals surface area contributed by atoms with Crippen LogP contribution in [0.5, 0.6) is 0 Å². The van der Waals surface area contributed by atoms with Gasteiger partial charge in [0.2, 0.25) is 5.95 Å². The van der Waals surface area contributed by atoms with Gasteiger partial charge in [0, 0.05) is 81.6 Å². The monoisotopic (exact) mass is 635 g/mol. The first-order valence-corrected chi connectivity index (χ1v) is 14.4. The van der Waals surface area contributed by atoms with Gasteiger partial charge in [0.1, 0.15) is 11.5 Å². The Morgan fingerprint density at radius 1 is 1.00 bits per heavy atom. The molecule has 1 N–H and O–H groups in total. The van der Waals surface area contributed by atoms with Crippen LogP contribution in [0.3, 0.4) is 0 Å². The molecular formula is C30H34F5N7O3. The minimum absolute atomic E-state index is 0.0321. The summed E-state index contributed by atoms with van der Waals surface area (Å²) in [6, 6.07) is 1.27. The van der Waals surface area contributed by atoms with E-state index in [1.54, 1.807) is 4.90 Å². The smallest absolute Gasteiger partial charge is 0.375 e. The number of ether oxygens (including phenoxy) is 1. The number of carbonyl (C=O) groups excluding carboxylic acids is 1. The molecule has 45 heavy (non-hydrogen) atoms. The highest BCUT2D eigenvalue weighted by molar-refractivity contribution is 6.07. The molecule has 10 nitrogen and oxygen atoms in total. The van der Waals surface area contributed by atoms with Crippen LogP contribution in [0.2, 0.25) is 0 Å². The Hall–Kier alpha value is -4.11. The van der Waals surface area contributed by atoms with Crippen LogP contribution in [0, 0.1) is 11.6 Å². The first kappa shape index (κ1) is 32.3. The highest BCUT2D eigenvalue weighted by atomic mass is 19.4. The number of halogens is 5. The van der Waals surface area contributed by atoms with E-state index in [9.17, 15) is 22.8 Å². The molecule has 0 unspecified atom stereocenters. The summed E-state index contributed by atoms with van der Waals surface area (Å²) >= 11 is 0. The highest BCUT2D eigenvalue weighted by Gasteiger charge is 2.37. The molecule has 2 aliphatic rings. The van der Waals surface area contributed by atoms with Gasteiger partial charge in [-0.3, -0.25) is 14.5 Å². The molecule has 3 atom stereocenters. The molecule has 0 spiro atoms. The molecule has 1 amide bonds. The number of amides is 1. The number of aryl methyl sites for hydroxylation is 1. The third-order valence-corrected chi connectivity index (χ3v) is 8.37. The predicted molar refractivity (Wildman–Crippen MR) is 159 cm³/mol. The number of morpholine rings is 1. The van der Waals surface area contributed by atoms with Crippen LogP contribution in [-0.4, -0.2) is 83.4 Å². The molecule has 5 rings (SSSR count). The zero-order valence-corrected chi connectivity index (χ0v) is 25.5. The van der Waals surface area contributed by atoms with Crippen molar-refractivity contribution in [1.29, 1.82) is 0 Å². The van der Waals surface area contributed by atoms with E-state index in [1.165, 1.54) is 19.4 Å². The molecule has 0 bridgehead atoms. The van der Waals surface area contributed by atoms with E-state index in [-0.39, 0.29) is 29.4 Å². The standard InChI is InChI=1S/C30H34F5N7O3/c1-16-12-42(13-17(2)40(16)5)23-9-22(31)25(19-10-36-29(37-11-19)41-6-7-45-18(3)14-41)26(32)27(23)38-28(44)20-15-39(4)24(43)8-21(20)30(33,34)35/h8-11,15-18H,6-7,12-14H2,1-5H3,(H,38,44)/t16-,17+,18-/m0/s1. The number of alkyl halides is 3. The summed E-state index contributed by atoms with van der Waals surface area (Å²) in [7, 11) is 3.11. The van der Waals surface area contributed by atoms with E-state index in [0.29, 0.717) is 44.8 Å². The SMILES string of the molecule is C[C@@H]1CN(c2cc(F)c(-c3cnc(N4CCO[C@@H](C)C4)nc3)c(F)c2NC(=O)c2cn(C)c(=O)cc2C(F)(F)F)C[C@H](C)N1C. The second kappa shape index (κ2) is 12.4. The van der Waals surface area contributed by atoms with Gasteiger partial charge in [-0.25, -0.2) is 18.7 Å². The molecule has 2 saturated heterocycles. The Morgan fingerprint density at radius 2 is 1.64 bits per heavy atom. The van der Waals surface area contributed by atoms with Crippen LogP contribution in [0.1, 0.15) is 36.7 Å². The second-order valence-corrected chi connectivity index (χ2v) is 11.6. The zero-order valence-electron chi connectivity index (χ0n) is 25.5. The van der Waals surface area contributed by atoms with E-state index in [0.717, 1.165) is 16.8 Å². The minimum Gasteiger partial charge on any atom is -0.375 e. The van der Waals surface area contributed by atoms with Crippen LogP contribution in [-0.2, 0) is 18.0 Å². The van der Waals surface area contributed by atoms with Crippen molar-refractivity contribution in [3.05, 3.63) is 63.8 Å². The van der Waals surface area contributed by atoms with Crippen molar-refractivity contribution < 1.29 is 31.5 Å². The van der Waals surface area contributed by atoms with E-state index in [2.05, 4.69) is 20.2 Å². The van der Waals surface area contributed by atoms with Crippen molar-refractivity contribution in [2.24, 2.45) is 7.05 Å². The molecular weight excluding hydrogens is 601 g/mol. The van der Waals surface area contributed by atoms with Gasteiger partial charge in [-0.05, 0) is 27.8 Å². The summed E-state index contributed by atoms with van der Waals surface area (Å²) in [5, 5.41) is 2.28. The molecule has 2 fully saturated rings. The zero-order chi connectivity index (χ0) is 32.8. The van der Waals surface area contributed by atoms with Gasteiger partial charge in [0.15, 0.2) is 5.82 Å². The number of piperazine rings is 1. The summed E-state index contributed by atoms with van der Waals surface area (Å²) in [4.78, 5) is 39.7. The van der Waals surface area contributed by atoms with Crippen molar-refractivity contribution >= 4 is 23.2 Å². The number of rotatable bonds is 5. The van der Waals surface area contributed by atoms with Crippen LogP contribution in [0.4, 0.5) is 39.3 Å². The molecule has 1 aromatic carbocycles. The van der Waals surface area contributed by atoms with Gasteiger partial charge in [-0.15, -0.1) is 0 Å². The maximum atomic E-state index is 16.5. The number of likely N-dealkylation sites (N-methyl/N-ethyl adjacent to an activating group) is 1. The van der Waals surface area contributed by atoms with E-state index in [4.69, 9.17) is 4.74 Å². The fourth-order valence-corrected chi connectivity index (χ4v) is 5.68. The number of hydrogen-bond donors (Lipinski definition) is 1. The number of carbonyl (C=O) groups is 1. The van der Waals surface area contributed by atoms with E-state index >= 15 is 8.78 Å². The summed E-state index contributed by atoms with van der Waals surface area (Å²) in [5.74, 6) is -3.14. The van der Waals surface area contributed by atoms with Crippen molar-refractivity contribution in [2.45, 2.75) is 45.1 Å². The summed E-state index contributed by atoms with van der Waals surface area (Å²) < 4.78 is 80.3. The lowest BCUT2D eigenvalue weighted by molar-refractivity contribution is -0.138. The fourth-order valence-electron chi connectivity index (χ4n) is 5.68. The average Bonchev–Trinajstić information content (AvgIpc) is 2.98. The van der Waals surface area contributed by atoms with Crippen molar-refractivity contribution in [2.75, 3.05) is 55.0 Å². The lowest BCUT2D eigenvalue weighted by Crippen LogP contribution is -2.55. The summed E-state index contributed by atoms with van der Waals surface area (Å²) in [6.07, 6.45) is -1.86. The molecule has 0 aliphatic carbocycles. The maximum Gasteiger partial charge on any atom is 0.417 e. The Kier molecular flexibility index (Phi) is 8.86. The Morgan fingerprint density at radius 3 is 2.24 bits per heavy atom. The number of aromatic nitrogens is 3. The topological polar surface area (TPSA) is 95.8 Å². The van der Waals surface area contributed by atoms with Gasteiger partial charge < -0.3 is 24.4 Å². The highest BCUT2D eigenvalue weighted by Crippen LogP contribution is 2.40. The number of hydrogen-bond acceptors (Lipinski definition) is 8. The Balaban J connectivity index is 1.60.